The minimum atomic E-state index is 0.662. The predicted octanol–water partition coefficient (Wildman–Crippen LogP) is 6.05. The number of furan rings is 4. The molecule has 0 aliphatic heterocycles. The first-order valence-corrected chi connectivity index (χ1v) is 11.2. The third-order valence-corrected chi connectivity index (χ3v) is 5.32. The van der Waals surface area contributed by atoms with Gasteiger partial charge in [-0.3, -0.25) is 0 Å². The van der Waals surface area contributed by atoms with Crippen molar-refractivity contribution in [2.75, 3.05) is 41.3 Å². The first kappa shape index (κ1) is 22.2. The van der Waals surface area contributed by atoms with Crippen LogP contribution in [0.25, 0.3) is 34.6 Å². The average Bonchev–Trinajstić information content (AvgIpc) is 3.52. The van der Waals surface area contributed by atoms with Gasteiger partial charge in [0.1, 0.15) is 11.5 Å². The van der Waals surface area contributed by atoms with Crippen LogP contribution in [0.15, 0.2) is 66.2 Å². The van der Waals surface area contributed by atoms with Crippen molar-refractivity contribution in [2.24, 2.45) is 0 Å². The summed E-state index contributed by atoms with van der Waals surface area (Å²) in [7, 11) is 8.31. The molecule has 32 heavy (non-hydrogen) atoms. The van der Waals surface area contributed by atoms with Gasteiger partial charge >= 0.3 is 0 Å². The molecule has 4 rings (SSSR count). The van der Waals surface area contributed by atoms with E-state index >= 15 is 0 Å². The molecule has 0 unspecified atom stereocenters. The van der Waals surface area contributed by atoms with Gasteiger partial charge in [-0.15, -0.1) is 0 Å². The maximum Gasteiger partial charge on any atom is 0.170 e. The summed E-state index contributed by atoms with van der Waals surface area (Å²) in [5.41, 5.74) is 0. The zero-order valence-electron chi connectivity index (χ0n) is 19.4. The van der Waals surface area contributed by atoms with E-state index in [1.54, 1.807) is 0 Å². The van der Waals surface area contributed by atoms with Gasteiger partial charge in [-0.1, -0.05) is 0 Å². The second kappa shape index (κ2) is 10.1. The normalized spacial score (nSPS) is 11.8. The Morgan fingerprint density at radius 3 is 1.12 bits per heavy atom. The van der Waals surface area contributed by atoms with Gasteiger partial charge in [0.15, 0.2) is 34.6 Å². The Morgan fingerprint density at radius 1 is 0.469 bits per heavy atom. The quantitative estimate of drug-likeness (QED) is 0.285. The number of rotatable bonds is 11. The lowest BCUT2D eigenvalue weighted by Crippen LogP contribution is -2.13. The van der Waals surface area contributed by atoms with Crippen molar-refractivity contribution >= 4 is 0 Å². The van der Waals surface area contributed by atoms with Crippen LogP contribution in [0.2, 0.25) is 0 Å². The van der Waals surface area contributed by atoms with Crippen molar-refractivity contribution < 1.29 is 17.7 Å². The summed E-state index contributed by atoms with van der Waals surface area (Å²) in [6.07, 6.45) is 3.94. The van der Waals surface area contributed by atoms with Crippen molar-refractivity contribution in [1.82, 2.24) is 9.80 Å². The van der Waals surface area contributed by atoms with E-state index in [0.717, 1.165) is 61.8 Å². The molecule has 4 aromatic heterocycles. The van der Waals surface area contributed by atoms with E-state index in [2.05, 4.69) is 38.0 Å². The summed E-state index contributed by atoms with van der Waals surface area (Å²) in [5.74, 6) is 6.12. The van der Waals surface area contributed by atoms with Gasteiger partial charge in [-0.2, -0.15) is 0 Å². The molecule has 0 amide bonds. The second-order valence-electron chi connectivity index (χ2n) is 8.67. The molecule has 4 heterocycles. The fraction of sp³-hybridized carbons (Fsp3) is 0.385. The molecule has 0 aliphatic carbocycles. The van der Waals surface area contributed by atoms with Crippen LogP contribution in [0, 0.1) is 0 Å². The highest BCUT2D eigenvalue weighted by molar-refractivity contribution is 5.62. The number of hydrogen-bond acceptors (Lipinski definition) is 6. The van der Waals surface area contributed by atoms with E-state index in [1.807, 2.05) is 48.5 Å². The van der Waals surface area contributed by atoms with Crippen LogP contribution in [-0.2, 0) is 12.8 Å². The van der Waals surface area contributed by atoms with Gasteiger partial charge in [-0.25, -0.2) is 0 Å². The fourth-order valence-electron chi connectivity index (χ4n) is 3.63. The van der Waals surface area contributed by atoms with Gasteiger partial charge in [0.05, 0.1) is 0 Å². The highest BCUT2D eigenvalue weighted by Gasteiger charge is 2.15. The molecule has 0 bridgehead atoms. The molecule has 0 N–H and O–H groups in total. The smallest absolute Gasteiger partial charge is 0.170 e. The summed E-state index contributed by atoms with van der Waals surface area (Å²) in [6.45, 7) is 2.07. The van der Waals surface area contributed by atoms with E-state index in [-0.39, 0.29) is 0 Å². The van der Waals surface area contributed by atoms with Crippen molar-refractivity contribution in [3.8, 4) is 34.6 Å². The molecular formula is C26H32N2O4. The standard InChI is InChI=1S/C26H32N2O4/c1-27(2)17-5-7-19-9-11-21(29-19)23-13-15-25(31-23)26-16-14-24(32-26)22-12-10-20(30-22)8-6-18-28(3)4/h9-16H,5-8,17-18H2,1-4H3. The largest absolute Gasteiger partial charge is 0.458 e. The first-order valence-electron chi connectivity index (χ1n) is 11.2. The third-order valence-electron chi connectivity index (χ3n) is 5.32. The zero-order valence-corrected chi connectivity index (χ0v) is 19.4. The number of aryl methyl sites for hydroxylation is 2. The van der Waals surface area contributed by atoms with Crippen molar-refractivity contribution in [3.05, 3.63) is 60.1 Å². The van der Waals surface area contributed by atoms with Crippen molar-refractivity contribution in [1.29, 1.82) is 0 Å². The predicted molar refractivity (Wildman–Crippen MR) is 126 cm³/mol. The van der Waals surface area contributed by atoms with Crippen LogP contribution in [0.4, 0.5) is 0 Å². The molecule has 0 radical (unpaired) electrons. The van der Waals surface area contributed by atoms with E-state index in [0.29, 0.717) is 23.0 Å². The Labute approximate surface area is 189 Å². The van der Waals surface area contributed by atoms with Gasteiger partial charge in [-0.05, 0) is 103 Å². The minimum absolute atomic E-state index is 0.662. The van der Waals surface area contributed by atoms with Crippen LogP contribution in [0.5, 0.6) is 0 Å². The summed E-state index contributed by atoms with van der Waals surface area (Å²) < 4.78 is 23.9. The number of hydrogen-bond donors (Lipinski definition) is 0. The molecule has 4 aromatic rings. The number of nitrogens with zero attached hydrogens (tertiary/aromatic N) is 2. The molecule has 0 fully saturated rings. The SMILES string of the molecule is CN(C)CCCc1ccc(-c2ccc(-c3ccc(-c4ccc(CCCN(C)C)o4)o3)o2)o1. The summed E-state index contributed by atoms with van der Waals surface area (Å²) in [5, 5.41) is 0. The van der Waals surface area contributed by atoms with E-state index in [9.17, 15) is 0 Å². The molecule has 6 heteroatoms. The molecule has 170 valence electrons. The van der Waals surface area contributed by atoms with E-state index in [4.69, 9.17) is 17.7 Å². The molecule has 0 saturated carbocycles. The lowest BCUT2D eigenvalue weighted by molar-refractivity contribution is 0.389. The molecule has 0 aromatic carbocycles. The first-order chi connectivity index (χ1) is 15.5. The summed E-state index contributed by atoms with van der Waals surface area (Å²) in [6, 6.07) is 15.6. The van der Waals surface area contributed by atoms with Gasteiger partial charge in [0, 0.05) is 12.8 Å². The van der Waals surface area contributed by atoms with Crippen molar-refractivity contribution in [3.63, 3.8) is 0 Å². The van der Waals surface area contributed by atoms with Crippen molar-refractivity contribution in [2.45, 2.75) is 25.7 Å². The summed E-state index contributed by atoms with van der Waals surface area (Å²) in [4.78, 5) is 4.35. The maximum absolute atomic E-state index is 6.01. The minimum Gasteiger partial charge on any atom is -0.458 e. The van der Waals surface area contributed by atoms with E-state index in [1.165, 1.54) is 0 Å². The Balaban J connectivity index is 1.39. The molecular weight excluding hydrogens is 404 g/mol. The molecule has 6 nitrogen and oxygen atoms in total. The molecule has 0 spiro atoms. The van der Waals surface area contributed by atoms with Crippen LogP contribution >= 0.6 is 0 Å². The Bertz CT molecular complexity index is 1020. The van der Waals surface area contributed by atoms with Crippen LogP contribution in [0.3, 0.4) is 0 Å². The van der Waals surface area contributed by atoms with E-state index < -0.39 is 0 Å². The third kappa shape index (κ3) is 5.64. The monoisotopic (exact) mass is 436 g/mol. The molecule has 0 saturated heterocycles. The second-order valence-corrected chi connectivity index (χ2v) is 8.67. The zero-order chi connectivity index (χ0) is 22.5. The highest BCUT2D eigenvalue weighted by Crippen LogP contribution is 2.33. The summed E-state index contributed by atoms with van der Waals surface area (Å²) >= 11 is 0. The Hall–Kier alpha value is -2.96. The van der Waals surface area contributed by atoms with Gasteiger partial charge in [0.25, 0.3) is 0 Å². The topological polar surface area (TPSA) is 59.0 Å². The fourth-order valence-corrected chi connectivity index (χ4v) is 3.63. The Morgan fingerprint density at radius 2 is 0.781 bits per heavy atom. The lowest BCUT2D eigenvalue weighted by atomic mass is 10.2. The molecule has 0 aliphatic rings. The van der Waals surface area contributed by atoms with Gasteiger partial charge < -0.3 is 27.5 Å². The van der Waals surface area contributed by atoms with Crippen LogP contribution < -0.4 is 0 Å². The van der Waals surface area contributed by atoms with Gasteiger partial charge in [0.2, 0.25) is 0 Å². The lowest BCUT2D eigenvalue weighted by Gasteiger charge is -2.07. The Kier molecular flexibility index (Phi) is 7.02. The maximum atomic E-state index is 6.01. The highest BCUT2D eigenvalue weighted by atomic mass is 16.4. The molecule has 0 atom stereocenters. The van der Waals surface area contributed by atoms with Crippen LogP contribution in [0.1, 0.15) is 24.4 Å². The van der Waals surface area contributed by atoms with Crippen LogP contribution in [-0.4, -0.2) is 51.1 Å². The average molecular weight is 437 g/mol.